The fourth-order valence-electron chi connectivity index (χ4n) is 2.04. The number of hydrogen-bond donors (Lipinski definition) is 2. The van der Waals surface area contributed by atoms with Gasteiger partial charge in [-0.05, 0) is 39.2 Å². The van der Waals surface area contributed by atoms with Gasteiger partial charge in [-0.25, -0.2) is 0 Å². The Hall–Kier alpha value is -1.35. The molecule has 2 atom stereocenters. The van der Waals surface area contributed by atoms with Crippen LogP contribution in [0.25, 0.3) is 0 Å². The van der Waals surface area contributed by atoms with Crippen LogP contribution in [-0.2, 0) is 4.79 Å². The lowest BCUT2D eigenvalue weighted by Crippen LogP contribution is -2.51. The molecule has 0 heterocycles. The van der Waals surface area contributed by atoms with Gasteiger partial charge in [0.25, 0.3) is 0 Å². The summed E-state index contributed by atoms with van der Waals surface area (Å²) < 4.78 is 0. The molecule has 1 aromatic rings. The summed E-state index contributed by atoms with van der Waals surface area (Å²) in [5, 5.41) is 6.50. The number of carbonyl (C=O) groups excluding carboxylic acids is 1. The topological polar surface area (TPSA) is 41.1 Å². The Morgan fingerprint density at radius 1 is 1.20 bits per heavy atom. The fourth-order valence-corrected chi connectivity index (χ4v) is 2.04. The van der Waals surface area contributed by atoms with Gasteiger partial charge in [-0.1, -0.05) is 44.2 Å². The van der Waals surface area contributed by atoms with Crippen molar-refractivity contribution in [1.82, 2.24) is 10.6 Å². The van der Waals surface area contributed by atoms with E-state index >= 15 is 0 Å². The first-order chi connectivity index (χ1) is 9.39. The SMILES string of the molecule is CCC(NC(C)C(=O)NC(C)(C)CC)c1ccccc1. The van der Waals surface area contributed by atoms with Crippen molar-refractivity contribution in [3.63, 3.8) is 0 Å². The first-order valence-corrected chi connectivity index (χ1v) is 7.52. The van der Waals surface area contributed by atoms with E-state index in [2.05, 4.69) is 36.6 Å². The van der Waals surface area contributed by atoms with Gasteiger partial charge in [0.15, 0.2) is 0 Å². The molecule has 1 rings (SSSR count). The molecule has 2 unspecified atom stereocenters. The third-order valence-electron chi connectivity index (χ3n) is 3.80. The maximum absolute atomic E-state index is 12.2. The van der Waals surface area contributed by atoms with Gasteiger partial charge < -0.3 is 5.32 Å². The van der Waals surface area contributed by atoms with Crippen molar-refractivity contribution in [1.29, 1.82) is 0 Å². The average Bonchev–Trinajstić information content (AvgIpc) is 2.44. The van der Waals surface area contributed by atoms with E-state index in [1.54, 1.807) is 0 Å². The highest BCUT2D eigenvalue weighted by molar-refractivity contribution is 5.82. The summed E-state index contributed by atoms with van der Waals surface area (Å²) in [7, 11) is 0. The summed E-state index contributed by atoms with van der Waals surface area (Å²) in [6, 6.07) is 10.3. The Morgan fingerprint density at radius 2 is 1.80 bits per heavy atom. The largest absolute Gasteiger partial charge is 0.350 e. The Bertz CT molecular complexity index is 414. The fraction of sp³-hybridized carbons (Fsp3) is 0.588. The van der Waals surface area contributed by atoms with E-state index in [1.807, 2.05) is 39.0 Å². The van der Waals surface area contributed by atoms with Crippen LogP contribution in [-0.4, -0.2) is 17.5 Å². The van der Waals surface area contributed by atoms with Crippen LogP contribution < -0.4 is 10.6 Å². The van der Waals surface area contributed by atoms with Crippen molar-refractivity contribution in [2.24, 2.45) is 0 Å². The number of carbonyl (C=O) groups is 1. The van der Waals surface area contributed by atoms with E-state index in [0.717, 1.165) is 12.8 Å². The summed E-state index contributed by atoms with van der Waals surface area (Å²) in [6.45, 7) is 10.2. The number of rotatable bonds is 7. The predicted molar refractivity (Wildman–Crippen MR) is 84.6 cm³/mol. The number of nitrogens with one attached hydrogen (secondary N) is 2. The maximum atomic E-state index is 12.2. The van der Waals surface area contributed by atoms with Crippen molar-refractivity contribution in [3.8, 4) is 0 Å². The number of benzene rings is 1. The number of amides is 1. The molecule has 112 valence electrons. The Morgan fingerprint density at radius 3 is 2.30 bits per heavy atom. The zero-order chi connectivity index (χ0) is 15.2. The normalized spacial score (nSPS) is 14.7. The van der Waals surface area contributed by atoms with Crippen molar-refractivity contribution < 1.29 is 4.79 Å². The molecule has 0 aliphatic heterocycles. The summed E-state index contributed by atoms with van der Waals surface area (Å²) in [6.07, 6.45) is 1.88. The lowest BCUT2D eigenvalue weighted by molar-refractivity contribution is -0.124. The van der Waals surface area contributed by atoms with Gasteiger partial charge in [0, 0.05) is 11.6 Å². The van der Waals surface area contributed by atoms with E-state index in [4.69, 9.17) is 0 Å². The molecule has 0 aromatic heterocycles. The molecular weight excluding hydrogens is 248 g/mol. The van der Waals surface area contributed by atoms with E-state index in [0.29, 0.717) is 0 Å². The van der Waals surface area contributed by atoms with Crippen LogP contribution in [0.3, 0.4) is 0 Å². The second-order valence-electron chi connectivity index (χ2n) is 5.99. The van der Waals surface area contributed by atoms with Gasteiger partial charge in [0.2, 0.25) is 5.91 Å². The third-order valence-corrected chi connectivity index (χ3v) is 3.80. The van der Waals surface area contributed by atoms with E-state index < -0.39 is 0 Å². The Labute approximate surface area is 123 Å². The standard InChI is InChI=1S/C17H28N2O/c1-6-15(14-11-9-8-10-12-14)18-13(3)16(20)19-17(4,5)7-2/h8-13,15,18H,6-7H2,1-5H3,(H,19,20). The Kier molecular flexibility index (Phi) is 6.21. The molecule has 0 spiro atoms. The van der Waals surface area contributed by atoms with Crippen LogP contribution in [0.1, 0.15) is 59.1 Å². The maximum Gasteiger partial charge on any atom is 0.237 e. The van der Waals surface area contributed by atoms with Crippen LogP contribution in [0, 0.1) is 0 Å². The molecular formula is C17H28N2O. The van der Waals surface area contributed by atoms with Crippen LogP contribution in [0.5, 0.6) is 0 Å². The summed E-state index contributed by atoms with van der Waals surface area (Å²) in [5.41, 5.74) is 1.07. The molecule has 2 N–H and O–H groups in total. The first-order valence-electron chi connectivity index (χ1n) is 7.52. The van der Waals surface area contributed by atoms with Gasteiger partial charge in [-0.3, -0.25) is 10.1 Å². The molecule has 3 heteroatoms. The molecule has 0 aliphatic rings. The molecule has 3 nitrogen and oxygen atoms in total. The van der Waals surface area contributed by atoms with Gasteiger partial charge in [0.1, 0.15) is 0 Å². The summed E-state index contributed by atoms with van der Waals surface area (Å²) in [4.78, 5) is 12.2. The van der Waals surface area contributed by atoms with Gasteiger partial charge in [0.05, 0.1) is 6.04 Å². The predicted octanol–water partition coefficient (Wildman–Crippen LogP) is 3.42. The molecule has 0 saturated heterocycles. The molecule has 1 aromatic carbocycles. The average molecular weight is 276 g/mol. The van der Waals surface area contributed by atoms with Gasteiger partial charge in [-0.2, -0.15) is 0 Å². The van der Waals surface area contributed by atoms with Gasteiger partial charge >= 0.3 is 0 Å². The van der Waals surface area contributed by atoms with Crippen LogP contribution in [0.2, 0.25) is 0 Å². The van der Waals surface area contributed by atoms with E-state index in [1.165, 1.54) is 5.56 Å². The lowest BCUT2D eigenvalue weighted by atomic mass is 10.0. The van der Waals surface area contributed by atoms with E-state index in [-0.39, 0.29) is 23.5 Å². The first kappa shape index (κ1) is 16.7. The van der Waals surface area contributed by atoms with Gasteiger partial charge in [-0.15, -0.1) is 0 Å². The molecule has 0 saturated carbocycles. The van der Waals surface area contributed by atoms with Crippen LogP contribution in [0.4, 0.5) is 0 Å². The minimum Gasteiger partial charge on any atom is -0.350 e. The van der Waals surface area contributed by atoms with Crippen molar-refractivity contribution in [2.75, 3.05) is 0 Å². The second kappa shape index (κ2) is 7.44. The lowest BCUT2D eigenvalue weighted by Gasteiger charge is -2.28. The quantitative estimate of drug-likeness (QED) is 0.801. The molecule has 20 heavy (non-hydrogen) atoms. The second-order valence-corrected chi connectivity index (χ2v) is 5.99. The molecule has 0 radical (unpaired) electrons. The van der Waals surface area contributed by atoms with Crippen molar-refractivity contribution >= 4 is 5.91 Å². The number of hydrogen-bond acceptors (Lipinski definition) is 2. The zero-order valence-corrected chi connectivity index (χ0v) is 13.4. The molecule has 0 aliphatic carbocycles. The smallest absolute Gasteiger partial charge is 0.237 e. The van der Waals surface area contributed by atoms with Crippen molar-refractivity contribution in [3.05, 3.63) is 35.9 Å². The minimum absolute atomic E-state index is 0.0613. The molecule has 0 fully saturated rings. The zero-order valence-electron chi connectivity index (χ0n) is 13.4. The Balaban J connectivity index is 2.64. The summed E-state index contributed by atoms with van der Waals surface area (Å²) >= 11 is 0. The van der Waals surface area contributed by atoms with Crippen molar-refractivity contribution in [2.45, 2.75) is 65.1 Å². The highest BCUT2D eigenvalue weighted by Gasteiger charge is 2.23. The molecule has 0 bridgehead atoms. The minimum atomic E-state index is -0.203. The summed E-state index contributed by atoms with van der Waals surface area (Å²) in [5.74, 6) is 0.0613. The third kappa shape index (κ3) is 4.97. The highest BCUT2D eigenvalue weighted by atomic mass is 16.2. The van der Waals surface area contributed by atoms with Crippen LogP contribution >= 0.6 is 0 Å². The highest BCUT2D eigenvalue weighted by Crippen LogP contribution is 2.17. The van der Waals surface area contributed by atoms with E-state index in [9.17, 15) is 4.79 Å². The monoisotopic (exact) mass is 276 g/mol. The molecule has 1 amide bonds. The van der Waals surface area contributed by atoms with Crippen LogP contribution in [0.15, 0.2) is 30.3 Å².